The normalized spacial score (nSPS) is 16.7. The summed E-state index contributed by atoms with van der Waals surface area (Å²) in [5, 5.41) is 2.28. The summed E-state index contributed by atoms with van der Waals surface area (Å²) in [7, 11) is 0. The molecule has 0 aromatic heterocycles. The average molecular weight is 374 g/mol. The molecule has 2 aromatic carbocycles. The lowest BCUT2D eigenvalue weighted by atomic mass is 10.1. The molecule has 8 heteroatoms. The minimum atomic E-state index is -4.46. The fourth-order valence-electron chi connectivity index (χ4n) is 2.40. The SMILES string of the molecule is CSC1C(=O)Nc2ccc(Oc3ccc(C(F)(F)F)cc3Cl)cc21. The maximum absolute atomic E-state index is 12.7. The third-order valence-corrected chi connectivity index (χ3v) is 4.76. The zero-order valence-electron chi connectivity index (χ0n) is 12.3. The maximum atomic E-state index is 12.7. The summed E-state index contributed by atoms with van der Waals surface area (Å²) >= 11 is 7.27. The summed E-state index contributed by atoms with van der Waals surface area (Å²) in [5.74, 6) is 0.399. The highest BCUT2D eigenvalue weighted by Crippen LogP contribution is 2.42. The lowest BCUT2D eigenvalue weighted by Gasteiger charge is -2.12. The molecule has 3 nitrogen and oxygen atoms in total. The molecule has 0 radical (unpaired) electrons. The number of carbonyl (C=O) groups excluding carboxylic acids is 1. The van der Waals surface area contributed by atoms with Gasteiger partial charge in [0.05, 0.1) is 10.6 Å². The second-order valence-corrected chi connectivity index (χ2v) is 6.45. The molecular formula is C16H11ClF3NO2S. The number of ether oxygens (including phenoxy) is 1. The van der Waals surface area contributed by atoms with Gasteiger partial charge in [0.1, 0.15) is 16.7 Å². The van der Waals surface area contributed by atoms with Crippen LogP contribution < -0.4 is 10.1 Å². The molecule has 24 heavy (non-hydrogen) atoms. The summed E-state index contributed by atoms with van der Waals surface area (Å²) in [5.41, 5.74) is 0.629. The van der Waals surface area contributed by atoms with Crippen molar-refractivity contribution >= 4 is 35.0 Å². The first kappa shape index (κ1) is 17.0. The molecule has 3 rings (SSSR count). The van der Waals surface area contributed by atoms with Crippen LogP contribution >= 0.6 is 23.4 Å². The van der Waals surface area contributed by atoms with Gasteiger partial charge in [-0.05, 0) is 42.7 Å². The van der Waals surface area contributed by atoms with Crippen molar-refractivity contribution in [2.45, 2.75) is 11.4 Å². The summed E-state index contributed by atoms with van der Waals surface area (Å²) < 4.78 is 43.5. The monoisotopic (exact) mass is 373 g/mol. The Morgan fingerprint density at radius 1 is 1.21 bits per heavy atom. The number of carbonyl (C=O) groups is 1. The summed E-state index contributed by atoms with van der Waals surface area (Å²) in [4.78, 5) is 11.8. The van der Waals surface area contributed by atoms with Gasteiger partial charge < -0.3 is 10.1 Å². The number of rotatable bonds is 3. The Morgan fingerprint density at radius 2 is 1.96 bits per heavy atom. The topological polar surface area (TPSA) is 38.3 Å². The largest absolute Gasteiger partial charge is 0.456 e. The predicted octanol–water partition coefficient (Wildman–Crippen LogP) is 5.51. The Hall–Kier alpha value is -1.86. The molecule has 1 heterocycles. The van der Waals surface area contributed by atoms with Crippen molar-refractivity contribution in [2.24, 2.45) is 0 Å². The van der Waals surface area contributed by atoms with E-state index in [1.807, 2.05) is 6.26 Å². The van der Waals surface area contributed by atoms with Crippen LogP contribution in [-0.2, 0) is 11.0 Å². The van der Waals surface area contributed by atoms with Crippen LogP contribution in [0, 0.1) is 0 Å². The Labute approximate surface area is 145 Å². The van der Waals surface area contributed by atoms with E-state index in [0.717, 1.165) is 17.7 Å². The van der Waals surface area contributed by atoms with Gasteiger partial charge in [0, 0.05) is 11.3 Å². The first-order valence-electron chi connectivity index (χ1n) is 6.82. The van der Waals surface area contributed by atoms with Crippen LogP contribution in [0.2, 0.25) is 5.02 Å². The summed E-state index contributed by atoms with van der Waals surface area (Å²) in [6.45, 7) is 0. The van der Waals surface area contributed by atoms with Crippen LogP contribution in [0.1, 0.15) is 16.4 Å². The number of anilines is 1. The van der Waals surface area contributed by atoms with Gasteiger partial charge in [-0.1, -0.05) is 11.6 Å². The van der Waals surface area contributed by atoms with Crippen LogP contribution in [0.4, 0.5) is 18.9 Å². The van der Waals surface area contributed by atoms with Crippen LogP contribution in [0.3, 0.4) is 0 Å². The van der Waals surface area contributed by atoms with Gasteiger partial charge in [-0.2, -0.15) is 13.2 Å². The Morgan fingerprint density at radius 3 is 2.58 bits per heavy atom. The van der Waals surface area contributed by atoms with Gasteiger partial charge in [0.15, 0.2) is 0 Å². The molecule has 2 aromatic rings. The molecule has 0 bridgehead atoms. The van der Waals surface area contributed by atoms with Crippen molar-refractivity contribution < 1.29 is 22.7 Å². The molecule has 1 amide bonds. The minimum absolute atomic E-state index is 0.109. The van der Waals surface area contributed by atoms with Crippen LogP contribution in [-0.4, -0.2) is 12.2 Å². The zero-order valence-corrected chi connectivity index (χ0v) is 13.9. The molecule has 1 aliphatic rings. The number of benzene rings is 2. The second kappa shape index (κ2) is 6.22. The molecule has 126 valence electrons. The van der Waals surface area contributed by atoms with Gasteiger partial charge in [-0.15, -0.1) is 11.8 Å². The van der Waals surface area contributed by atoms with E-state index in [1.54, 1.807) is 18.2 Å². The number of nitrogens with one attached hydrogen (secondary N) is 1. The highest BCUT2D eigenvalue weighted by Gasteiger charge is 2.32. The van der Waals surface area contributed by atoms with E-state index >= 15 is 0 Å². The molecule has 0 fully saturated rings. The number of halogens is 4. The fourth-order valence-corrected chi connectivity index (χ4v) is 3.34. The first-order valence-corrected chi connectivity index (χ1v) is 8.48. The number of hydrogen-bond donors (Lipinski definition) is 1. The number of hydrogen-bond acceptors (Lipinski definition) is 3. The van der Waals surface area contributed by atoms with Crippen molar-refractivity contribution in [3.63, 3.8) is 0 Å². The van der Waals surface area contributed by atoms with Gasteiger partial charge in [-0.3, -0.25) is 4.79 Å². The third kappa shape index (κ3) is 3.18. The lowest BCUT2D eigenvalue weighted by Crippen LogP contribution is -2.08. The van der Waals surface area contributed by atoms with Crippen LogP contribution in [0.25, 0.3) is 0 Å². The van der Waals surface area contributed by atoms with Crippen LogP contribution in [0.5, 0.6) is 11.5 Å². The number of fused-ring (bicyclic) bond motifs is 1. The van der Waals surface area contributed by atoms with Crippen molar-refractivity contribution in [3.8, 4) is 11.5 Å². The molecule has 0 saturated heterocycles. The molecule has 1 N–H and O–H groups in total. The number of alkyl halides is 3. The summed E-state index contributed by atoms with van der Waals surface area (Å²) in [6.07, 6.45) is -2.65. The Kier molecular flexibility index (Phi) is 4.40. The van der Waals surface area contributed by atoms with E-state index in [4.69, 9.17) is 16.3 Å². The van der Waals surface area contributed by atoms with E-state index in [9.17, 15) is 18.0 Å². The summed E-state index contributed by atoms with van der Waals surface area (Å²) in [6, 6.07) is 7.90. The molecule has 0 saturated carbocycles. The predicted molar refractivity (Wildman–Crippen MR) is 87.9 cm³/mol. The van der Waals surface area contributed by atoms with E-state index in [1.165, 1.54) is 17.8 Å². The Bertz CT molecular complexity index is 810. The molecule has 1 atom stereocenters. The van der Waals surface area contributed by atoms with Crippen molar-refractivity contribution in [1.82, 2.24) is 0 Å². The highest BCUT2D eigenvalue weighted by molar-refractivity contribution is 7.99. The van der Waals surface area contributed by atoms with Gasteiger partial charge in [0.25, 0.3) is 0 Å². The molecule has 0 aliphatic carbocycles. The van der Waals surface area contributed by atoms with Gasteiger partial charge >= 0.3 is 6.18 Å². The molecule has 1 unspecified atom stereocenters. The molecular weight excluding hydrogens is 363 g/mol. The Balaban J connectivity index is 1.88. The third-order valence-electron chi connectivity index (χ3n) is 3.52. The lowest BCUT2D eigenvalue weighted by molar-refractivity contribution is -0.137. The van der Waals surface area contributed by atoms with E-state index in [-0.39, 0.29) is 21.9 Å². The number of thioether (sulfide) groups is 1. The molecule has 0 spiro atoms. The van der Waals surface area contributed by atoms with E-state index in [2.05, 4.69) is 5.32 Å². The van der Waals surface area contributed by atoms with Gasteiger partial charge in [-0.25, -0.2) is 0 Å². The average Bonchev–Trinajstić information content (AvgIpc) is 2.82. The molecule has 1 aliphatic heterocycles. The highest BCUT2D eigenvalue weighted by atomic mass is 35.5. The fraction of sp³-hybridized carbons (Fsp3) is 0.188. The first-order chi connectivity index (χ1) is 11.3. The van der Waals surface area contributed by atoms with Crippen molar-refractivity contribution in [2.75, 3.05) is 11.6 Å². The zero-order chi connectivity index (χ0) is 17.5. The van der Waals surface area contributed by atoms with Gasteiger partial charge in [0.2, 0.25) is 5.91 Å². The van der Waals surface area contributed by atoms with E-state index in [0.29, 0.717) is 11.4 Å². The standard InChI is InChI=1S/C16H11ClF3NO2S/c1-24-14-10-7-9(3-4-12(10)21-15(14)22)23-13-5-2-8(6-11(13)17)16(18,19)20/h2-7,14H,1H3,(H,21,22). The smallest absolute Gasteiger partial charge is 0.416 e. The van der Waals surface area contributed by atoms with E-state index < -0.39 is 11.7 Å². The minimum Gasteiger partial charge on any atom is -0.456 e. The van der Waals surface area contributed by atoms with Crippen molar-refractivity contribution in [3.05, 3.63) is 52.5 Å². The quantitative estimate of drug-likeness (QED) is 0.771. The number of amides is 1. The second-order valence-electron chi connectivity index (χ2n) is 5.10. The van der Waals surface area contributed by atoms with Crippen molar-refractivity contribution in [1.29, 1.82) is 0 Å². The van der Waals surface area contributed by atoms with Crippen LogP contribution in [0.15, 0.2) is 36.4 Å². The maximum Gasteiger partial charge on any atom is 0.416 e.